The summed E-state index contributed by atoms with van der Waals surface area (Å²) in [5.74, 6) is 0.580. The van der Waals surface area contributed by atoms with Crippen LogP contribution in [0.15, 0.2) is 24.3 Å². The maximum Gasteiger partial charge on any atom is 0.246 e. The molecule has 2 rings (SSSR count). The number of carbonyl (C=O) groups excluding carboxylic acids is 1. The highest BCUT2D eigenvalue weighted by Crippen LogP contribution is 2.31. The molecule has 0 bridgehead atoms. The van der Waals surface area contributed by atoms with Crippen molar-refractivity contribution in [3.05, 3.63) is 24.3 Å². The summed E-state index contributed by atoms with van der Waals surface area (Å²) < 4.78 is 5.31. The van der Waals surface area contributed by atoms with Crippen LogP contribution >= 0.6 is 0 Å². The lowest BCUT2D eigenvalue weighted by molar-refractivity contribution is -0.128. The second-order valence-corrected chi connectivity index (χ2v) is 4.83. The Morgan fingerprint density at radius 2 is 2.11 bits per heavy atom. The van der Waals surface area contributed by atoms with E-state index in [4.69, 9.17) is 4.74 Å². The standard InChI is InChI=1S/C14H20N2O3/c1-10-8-16(14(18)12(9-17)15(10)2)11-6-4-5-7-13(11)19-3/h4-7,10,12,17H,8-9H2,1-3H3. The first-order valence-electron chi connectivity index (χ1n) is 6.37. The van der Waals surface area contributed by atoms with Crippen molar-refractivity contribution in [1.82, 2.24) is 4.90 Å². The number of methoxy groups -OCH3 is 1. The van der Waals surface area contributed by atoms with Crippen LogP contribution in [0.4, 0.5) is 5.69 Å². The number of benzene rings is 1. The zero-order chi connectivity index (χ0) is 14.0. The Bertz CT molecular complexity index is 464. The van der Waals surface area contributed by atoms with Crippen molar-refractivity contribution < 1.29 is 14.6 Å². The molecule has 1 N–H and O–H groups in total. The van der Waals surface area contributed by atoms with Crippen LogP contribution in [-0.4, -0.2) is 55.3 Å². The summed E-state index contributed by atoms with van der Waals surface area (Å²) in [6.45, 7) is 2.45. The van der Waals surface area contributed by atoms with E-state index in [1.807, 2.05) is 43.1 Å². The largest absolute Gasteiger partial charge is 0.495 e. The van der Waals surface area contributed by atoms with Gasteiger partial charge in [0.25, 0.3) is 0 Å². The third-order valence-electron chi connectivity index (χ3n) is 3.73. The van der Waals surface area contributed by atoms with Crippen LogP contribution in [0.1, 0.15) is 6.92 Å². The van der Waals surface area contributed by atoms with Crippen molar-refractivity contribution in [2.24, 2.45) is 0 Å². The summed E-state index contributed by atoms with van der Waals surface area (Å²) in [5.41, 5.74) is 0.758. The fourth-order valence-electron chi connectivity index (χ4n) is 2.42. The first-order valence-corrected chi connectivity index (χ1v) is 6.37. The minimum atomic E-state index is -0.492. The third kappa shape index (κ3) is 2.43. The second-order valence-electron chi connectivity index (χ2n) is 4.83. The number of aliphatic hydroxyl groups excluding tert-OH is 1. The lowest BCUT2D eigenvalue weighted by Crippen LogP contribution is -2.61. The first kappa shape index (κ1) is 13.8. The topological polar surface area (TPSA) is 53.0 Å². The number of hydrogen-bond acceptors (Lipinski definition) is 4. The van der Waals surface area contributed by atoms with Gasteiger partial charge in [-0.2, -0.15) is 0 Å². The maximum absolute atomic E-state index is 12.4. The van der Waals surface area contributed by atoms with Crippen LogP contribution in [0.2, 0.25) is 0 Å². The molecular formula is C14H20N2O3. The van der Waals surface area contributed by atoms with E-state index in [1.165, 1.54) is 0 Å². The van der Waals surface area contributed by atoms with E-state index in [1.54, 1.807) is 12.0 Å². The first-order chi connectivity index (χ1) is 9.10. The molecule has 1 saturated heterocycles. The monoisotopic (exact) mass is 264 g/mol. The van der Waals surface area contributed by atoms with Gasteiger partial charge < -0.3 is 14.7 Å². The summed E-state index contributed by atoms with van der Waals surface area (Å²) in [7, 11) is 3.45. The van der Waals surface area contributed by atoms with Crippen LogP contribution in [0.5, 0.6) is 5.75 Å². The van der Waals surface area contributed by atoms with Gasteiger partial charge in [-0.3, -0.25) is 9.69 Å². The number of carbonyl (C=O) groups is 1. The number of rotatable bonds is 3. The average molecular weight is 264 g/mol. The smallest absolute Gasteiger partial charge is 0.246 e. The quantitative estimate of drug-likeness (QED) is 0.874. The number of piperazine rings is 1. The van der Waals surface area contributed by atoms with E-state index >= 15 is 0 Å². The highest BCUT2D eigenvalue weighted by molar-refractivity contribution is 5.99. The molecule has 1 fully saturated rings. The van der Waals surface area contributed by atoms with Crippen molar-refractivity contribution in [2.45, 2.75) is 19.0 Å². The van der Waals surface area contributed by atoms with Gasteiger partial charge in [0.15, 0.2) is 0 Å². The fraction of sp³-hybridized carbons (Fsp3) is 0.500. The van der Waals surface area contributed by atoms with Gasteiger partial charge in [-0.1, -0.05) is 12.1 Å². The molecule has 0 aromatic heterocycles. The summed E-state index contributed by atoms with van der Waals surface area (Å²) in [4.78, 5) is 16.1. The zero-order valence-corrected chi connectivity index (χ0v) is 11.5. The molecule has 19 heavy (non-hydrogen) atoms. The number of aliphatic hydroxyl groups is 1. The number of para-hydroxylation sites is 2. The number of hydrogen-bond donors (Lipinski definition) is 1. The van der Waals surface area contributed by atoms with Crippen LogP contribution in [0, 0.1) is 0 Å². The Morgan fingerprint density at radius 1 is 1.42 bits per heavy atom. The molecule has 2 atom stereocenters. The van der Waals surface area contributed by atoms with Crippen molar-refractivity contribution in [2.75, 3.05) is 32.2 Å². The van der Waals surface area contributed by atoms with Gasteiger partial charge in [-0.25, -0.2) is 0 Å². The van der Waals surface area contributed by atoms with Gasteiger partial charge in [0.1, 0.15) is 11.8 Å². The highest BCUT2D eigenvalue weighted by Gasteiger charge is 2.37. The Labute approximate surface area is 113 Å². The van der Waals surface area contributed by atoms with Crippen molar-refractivity contribution in [1.29, 1.82) is 0 Å². The normalized spacial score (nSPS) is 24.6. The summed E-state index contributed by atoms with van der Waals surface area (Å²) in [6.07, 6.45) is 0. The number of nitrogens with zero attached hydrogens (tertiary/aromatic N) is 2. The molecule has 1 heterocycles. The average Bonchev–Trinajstić information content (AvgIpc) is 2.43. The molecule has 5 heteroatoms. The minimum absolute atomic E-state index is 0.0902. The lowest BCUT2D eigenvalue weighted by Gasteiger charge is -2.42. The number of likely N-dealkylation sites (N-methyl/N-ethyl adjacent to an activating group) is 1. The summed E-state index contributed by atoms with van der Waals surface area (Å²) in [5, 5.41) is 9.42. The lowest BCUT2D eigenvalue weighted by atomic mass is 10.1. The highest BCUT2D eigenvalue weighted by atomic mass is 16.5. The molecule has 1 amide bonds. The van der Waals surface area contributed by atoms with Gasteiger partial charge >= 0.3 is 0 Å². The van der Waals surface area contributed by atoms with Crippen molar-refractivity contribution >= 4 is 11.6 Å². The Morgan fingerprint density at radius 3 is 2.74 bits per heavy atom. The molecule has 0 saturated carbocycles. The van der Waals surface area contributed by atoms with E-state index < -0.39 is 6.04 Å². The fourth-order valence-corrected chi connectivity index (χ4v) is 2.42. The molecule has 1 aromatic rings. The molecule has 1 aliphatic rings. The number of amides is 1. The zero-order valence-electron chi connectivity index (χ0n) is 11.5. The van der Waals surface area contributed by atoms with Gasteiger partial charge in [0, 0.05) is 12.6 Å². The predicted molar refractivity (Wildman–Crippen MR) is 73.4 cm³/mol. The van der Waals surface area contributed by atoms with Crippen LogP contribution < -0.4 is 9.64 Å². The second kappa shape index (κ2) is 5.59. The van der Waals surface area contributed by atoms with E-state index in [-0.39, 0.29) is 18.6 Å². The molecule has 2 unspecified atom stereocenters. The molecule has 5 nitrogen and oxygen atoms in total. The van der Waals surface area contributed by atoms with E-state index in [0.717, 1.165) is 5.69 Å². The molecule has 104 valence electrons. The molecule has 0 aliphatic carbocycles. The summed E-state index contributed by atoms with van der Waals surface area (Å²) >= 11 is 0. The SMILES string of the molecule is COc1ccccc1N1CC(C)N(C)C(CO)C1=O. The Balaban J connectivity index is 2.36. The van der Waals surface area contributed by atoms with Gasteiger partial charge in [0.05, 0.1) is 19.4 Å². The Hall–Kier alpha value is -1.59. The number of anilines is 1. The molecule has 0 spiro atoms. The molecule has 1 aliphatic heterocycles. The van der Waals surface area contributed by atoms with E-state index in [0.29, 0.717) is 12.3 Å². The number of ether oxygens (including phenoxy) is 1. The summed E-state index contributed by atoms with van der Waals surface area (Å²) in [6, 6.07) is 7.13. The van der Waals surface area contributed by atoms with Crippen LogP contribution in [0.3, 0.4) is 0 Å². The molecule has 1 aromatic carbocycles. The van der Waals surface area contributed by atoms with Gasteiger partial charge in [-0.05, 0) is 26.1 Å². The van der Waals surface area contributed by atoms with E-state index in [2.05, 4.69) is 0 Å². The van der Waals surface area contributed by atoms with Crippen molar-refractivity contribution in [3.63, 3.8) is 0 Å². The van der Waals surface area contributed by atoms with Crippen molar-refractivity contribution in [3.8, 4) is 5.75 Å². The molecular weight excluding hydrogens is 244 g/mol. The predicted octanol–water partition coefficient (Wildman–Crippen LogP) is 0.723. The maximum atomic E-state index is 12.4. The van der Waals surface area contributed by atoms with Crippen LogP contribution in [-0.2, 0) is 4.79 Å². The molecule has 0 radical (unpaired) electrons. The van der Waals surface area contributed by atoms with E-state index in [9.17, 15) is 9.90 Å². The third-order valence-corrected chi connectivity index (χ3v) is 3.73. The minimum Gasteiger partial charge on any atom is -0.495 e. The van der Waals surface area contributed by atoms with Gasteiger partial charge in [0.2, 0.25) is 5.91 Å². The van der Waals surface area contributed by atoms with Gasteiger partial charge in [-0.15, -0.1) is 0 Å². The Kier molecular flexibility index (Phi) is 4.07. The van der Waals surface area contributed by atoms with Crippen LogP contribution in [0.25, 0.3) is 0 Å².